The van der Waals surface area contributed by atoms with Crippen LogP contribution in [0, 0.1) is 5.82 Å². The highest BCUT2D eigenvalue weighted by Crippen LogP contribution is 2.62. The average Bonchev–Trinajstić information content (AvgIpc) is 3.36. The number of ether oxygens (including phenoxy) is 2. The molecule has 3 heterocycles. The molecular formula is C25H24F3N4O3PS2. The van der Waals surface area contributed by atoms with E-state index in [1.165, 1.54) is 30.6 Å². The lowest BCUT2D eigenvalue weighted by molar-refractivity contribution is 0.0606. The van der Waals surface area contributed by atoms with Gasteiger partial charge in [-0.1, -0.05) is 11.8 Å². The number of nitrogens with zero attached hydrogens (tertiary/aromatic N) is 4. The monoisotopic (exact) mass is 580 g/mol. The summed E-state index contributed by atoms with van der Waals surface area (Å²) in [7, 11) is 0.385. The first-order valence-electron chi connectivity index (χ1n) is 11.6. The van der Waals surface area contributed by atoms with Crippen LogP contribution in [0.4, 0.5) is 23.9 Å². The summed E-state index contributed by atoms with van der Waals surface area (Å²) in [6, 6.07) is 14.6. The molecule has 1 saturated heterocycles. The Balaban J connectivity index is 1.75. The summed E-state index contributed by atoms with van der Waals surface area (Å²) in [5.74, 6) is -2.77. The Labute approximate surface area is 226 Å². The van der Waals surface area contributed by atoms with Gasteiger partial charge in [0, 0.05) is 30.6 Å². The van der Waals surface area contributed by atoms with E-state index in [1.807, 2.05) is 11.7 Å². The summed E-state index contributed by atoms with van der Waals surface area (Å²) in [4.78, 5) is 18.3. The Morgan fingerprint density at radius 1 is 1.16 bits per heavy atom. The van der Waals surface area contributed by atoms with E-state index in [0.717, 1.165) is 5.30 Å². The first kappa shape index (κ1) is 27.0. The van der Waals surface area contributed by atoms with Gasteiger partial charge >= 0.3 is 5.97 Å². The zero-order chi connectivity index (χ0) is 26.9. The van der Waals surface area contributed by atoms with E-state index in [4.69, 9.17) is 19.2 Å². The Hall–Kier alpha value is -2.63. The summed E-state index contributed by atoms with van der Waals surface area (Å²) < 4.78 is 59.8. The molecule has 13 heteroatoms. The molecule has 1 aromatic heterocycles. The number of halogens is 3. The van der Waals surface area contributed by atoms with E-state index >= 15 is 0 Å². The smallest absolute Gasteiger partial charge is 0.348 e. The minimum absolute atomic E-state index is 0.363. The number of hydrogen-bond acceptors (Lipinski definition) is 7. The third-order valence-electron chi connectivity index (χ3n) is 6.14. The van der Waals surface area contributed by atoms with Crippen LogP contribution >= 0.6 is 30.5 Å². The molecule has 0 unspecified atom stereocenters. The second-order valence-corrected chi connectivity index (χ2v) is 13.4. The van der Waals surface area contributed by atoms with Crippen molar-refractivity contribution in [2.24, 2.45) is 9.74 Å². The fraction of sp³-hybridized carbons (Fsp3) is 0.280. The second kappa shape index (κ2) is 11.2. The van der Waals surface area contributed by atoms with Gasteiger partial charge < -0.3 is 14.1 Å². The fourth-order valence-corrected chi connectivity index (χ4v) is 9.92. The van der Waals surface area contributed by atoms with Crippen LogP contribution in [0.5, 0.6) is 0 Å². The lowest BCUT2D eigenvalue weighted by Gasteiger charge is -2.46. The van der Waals surface area contributed by atoms with Crippen LogP contribution in [0.1, 0.15) is 15.2 Å². The number of thiophene rings is 1. The molecule has 1 atom stereocenters. The highest BCUT2D eigenvalue weighted by Gasteiger charge is 2.43. The van der Waals surface area contributed by atoms with Crippen LogP contribution in [0.2, 0.25) is 0 Å². The van der Waals surface area contributed by atoms with E-state index in [0.29, 0.717) is 69.9 Å². The number of morpholine rings is 1. The van der Waals surface area contributed by atoms with Gasteiger partial charge in [0.2, 0.25) is 0 Å². The van der Waals surface area contributed by atoms with Crippen molar-refractivity contribution in [3.63, 3.8) is 0 Å². The van der Waals surface area contributed by atoms with Gasteiger partial charge in [0.25, 0.3) is 5.76 Å². The predicted molar refractivity (Wildman–Crippen MR) is 145 cm³/mol. The number of carbonyl (C=O) groups excluding carboxylic acids is 1. The largest absolute Gasteiger partial charge is 0.465 e. The van der Waals surface area contributed by atoms with Crippen molar-refractivity contribution < 1.29 is 27.4 Å². The minimum Gasteiger partial charge on any atom is -0.465 e. The van der Waals surface area contributed by atoms with Gasteiger partial charge in [-0.2, -0.15) is 8.78 Å². The summed E-state index contributed by atoms with van der Waals surface area (Å²) in [5, 5.41) is 1.42. The average molecular weight is 581 g/mol. The van der Waals surface area contributed by atoms with Crippen LogP contribution in [-0.2, 0) is 9.47 Å². The Morgan fingerprint density at radius 3 is 2.47 bits per heavy atom. The van der Waals surface area contributed by atoms with Gasteiger partial charge in [-0.05, 0) is 54.6 Å². The molecule has 200 valence electrons. The normalized spacial score (nSPS) is 19.7. The molecular weight excluding hydrogens is 556 g/mol. The van der Waals surface area contributed by atoms with Crippen molar-refractivity contribution in [2.75, 3.05) is 40.5 Å². The molecule has 0 spiro atoms. The highest BCUT2D eigenvalue weighted by atomic mass is 32.2. The quantitative estimate of drug-likeness (QED) is 0.193. The van der Waals surface area contributed by atoms with Crippen LogP contribution in [0.3, 0.4) is 0 Å². The fourth-order valence-electron chi connectivity index (χ4n) is 4.39. The third-order valence-corrected chi connectivity index (χ3v) is 11.7. The summed E-state index contributed by atoms with van der Waals surface area (Å²) in [6.07, 6.45) is 0. The zero-order valence-electron chi connectivity index (χ0n) is 20.5. The molecule has 0 N–H and O–H groups in total. The van der Waals surface area contributed by atoms with Gasteiger partial charge in [-0.15, -0.1) is 11.3 Å². The van der Waals surface area contributed by atoms with Crippen molar-refractivity contribution in [1.29, 1.82) is 0 Å². The number of hydrogen-bond donors (Lipinski definition) is 0. The second-order valence-electron chi connectivity index (χ2n) is 8.37. The lowest BCUT2D eigenvalue weighted by Crippen LogP contribution is -2.45. The van der Waals surface area contributed by atoms with E-state index in [9.17, 15) is 18.0 Å². The number of alkyl halides is 2. The Morgan fingerprint density at radius 2 is 1.84 bits per heavy atom. The number of fused-ring (bicyclic) bond motifs is 1. The maximum atomic E-state index is 13.8. The number of aliphatic imine (C=N–C) groups is 1. The van der Waals surface area contributed by atoms with Crippen molar-refractivity contribution in [3.8, 4) is 0 Å². The SMILES string of the molecule is COC(=O)c1cc2c(s1)N=C(c1ccc(F)cc1)N(C)[P@@]2(=Nc1ccc(SC(F)F)cc1)N1CCOCC1. The lowest BCUT2D eigenvalue weighted by atomic mass is 10.2. The summed E-state index contributed by atoms with van der Waals surface area (Å²) >= 11 is 1.69. The van der Waals surface area contributed by atoms with E-state index in [1.54, 1.807) is 42.5 Å². The predicted octanol–water partition coefficient (Wildman–Crippen LogP) is 6.33. The first-order valence-corrected chi connectivity index (χ1v) is 15.0. The first-order chi connectivity index (χ1) is 18.3. The molecule has 0 amide bonds. The Bertz CT molecular complexity index is 1410. The number of carbonyl (C=O) groups is 1. The molecule has 38 heavy (non-hydrogen) atoms. The third kappa shape index (κ3) is 5.15. The number of thioether (sulfide) groups is 1. The van der Waals surface area contributed by atoms with Crippen molar-refractivity contribution in [2.45, 2.75) is 10.7 Å². The molecule has 0 bridgehead atoms. The van der Waals surface area contributed by atoms with Gasteiger partial charge in [0.05, 0.1) is 31.3 Å². The molecule has 1 fully saturated rings. The number of amidine groups is 1. The molecule has 2 aromatic carbocycles. The summed E-state index contributed by atoms with van der Waals surface area (Å²) in [6.45, 7) is 2.17. The van der Waals surface area contributed by atoms with Crippen molar-refractivity contribution in [1.82, 2.24) is 9.34 Å². The van der Waals surface area contributed by atoms with Crippen molar-refractivity contribution in [3.05, 3.63) is 70.9 Å². The van der Waals surface area contributed by atoms with Crippen LogP contribution in [-0.4, -0.2) is 67.4 Å². The molecule has 3 aromatic rings. The molecule has 0 saturated carbocycles. The van der Waals surface area contributed by atoms with Gasteiger partial charge in [-0.3, -0.25) is 0 Å². The topological polar surface area (TPSA) is 66.7 Å². The number of methoxy groups -OCH3 is 1. The number of benzene rings is 2. The van der Waals surface area contributed by atoms with Crippen LogP contribution in [0.25, 0.3) is 0 Å². The van der Waals surface area contributed by atoms with E-state index in [2.05, 4.69) is 4.67 Å². The number of esters is 1. The maximum Gasteiger partial charge on any atom is 0.348 e. The molecule has 7 nitrogen and oxygen atoms in total. The molecule has 0 radical (unpaired) electrons. The van der Waals surface area contributed by atoms with Gasteiger partial charge in [0.1, 0.15) is 21.5 Å². The van der Waals surface area contributed by atoms with Crippen LogP contribution in [0.15, 0.2) is 69.2 Å². The zero-order valence-corrected chi connectivity index (χ0v) is 23.0. The molecule has 0 aliphatic carbocycles. The maximum absolute atomic E-state index is 13.8. The van der Waals surface area contributed by atoms with E-state index in [-0.39, 0.29) is 5.82 Å². The van der Waals surface area contributed by atoms with E-state index < -0.39 is 19.1 Å². The van der Waals surface area contributed by atoms with Crippen molar-refractivity contribution >= 4 is 58.3 Å². The van der Waals surface area contributed by atoms with Gasteiger partial charge in [-0.25, -0.2) is 23.6 Å². The number of rotatable bonds is 6. The molecule has 5 rings (SSSR count). The molecule has 2 aliphatic rings. The Kier molecular flexibility index (Phi) is 7.97. The van der Waals surface area contributed by atoms with Crippen LogP contribution < -0.4 is 5.30 Å². The summed E-state index contributed by atoms with van der Waals surface area (Å²) in [5.41, 5.74) is 1.30. The highest BCUT2D eigenvalue weighted by molar-refractivity contribution is 7.99. The van der Waals surface area contributed by atoms with Gasteiger partial charge in [0.15, 0.2) is 7.36 Å². The molecule has 2 aliphatic heterocycles. The standard InChI is InChI=1S/C25H24F3N4O3PS2/c1-31-22(16-3-5-17(26)6-4-16)29-23-20(15-21(38-23)24(33)34-2)36(31,32-11-13-35-14-12-32)30-18-7-9-19(10-8-18)37-25(27)28/h3-10,15,25H,11-14H2,1-2H3/t36-/m1/s1. The minimum atomic E-state index is -2.84.